The van der Waals surface area contributed by atoms with Gasteiger partial charge in [-0.2, -0.15) is 0 Å². The highest BCUT2D eigenvalue weighted by molar-refractivity contribution is 5.79. The van der Waals surface area contributed by atoms with Gasteiger partial charge in [0.15, 0.2) is 5.96 Å². The monoisotopic (exact) mass is 284 g/mol. The molecule has 21 heavy (non-hydrogen) atoms. The fourth-order valence-corrected chi connectivity index (χ4v) is 1.88. The Kier molecular flexibility index (Phi) is 4.66. The molecule has 0 saturated carbocycles. The third-order valence-corrected chi connectivity index (χ3v) is 3.08. The molecule has 0 bridgehead atoms. The lowest BCUT2D eigenvalue weighted by Crippen LogP contribution is -2.35. The van der Waals surface area contributed by atoms with E-state index in [9.17, 15) is 0 Å². The zero-order valence-electron chi connectivity index (χ0n) is 12.3. The molecule has 0 fully saturated rings. The van der Waals surface area contributed by atoms with E-state index in [1.807, 2.05) is 49.4 Å². The van der Waals surface area contributed by atoms with Crippen molar-refractivity contribution >= 4 is 5.96 Å². The number of rotatable bonds is 3. The zero-order chi connectivity index (χ0) is 15.2. The minimum absolute atomic E-state index is 0.268. The SMILES string of the molecule is CN=C(N)N/C(N)=C1\CC=CC=C1Oc1ccc(C)cc1. The first-order chi connectivity index (χ1) is 10.1. The standard InChI is InChI=1S/C16H20N4O/c1-11-7-9-12(10-8-11)21-14-6-4-3-5-13(14)15(17)20-16(18)19-2/h3-4,6-10H,5,17H2,1-2H3,(H3,18,19,20)/b15-13+. The van der Waals surface area contributed by atoms with E-state index in [0.717, 1.165) is 11.3 Å². The average Bonchev–Trinajstić information content (AvgIpc) is 2.50. The molecule has 1 aliphatic carbocycles. The van der Waals surface area contributed by atoms with Gasteiger partial charge in [0.25, 0.3) is 0 Å². The van der Waals surface area contributed by atoms with Gasteiger partial charge in [-0.15, -0.1) is 0 Å². The largest absolute Gasteiger partial charge is 0.457 e. The van der Waals surface area contributed by atoms with Crippen LogP contribution >= 0.6 is 0 Å². The fraction of sp³-hybridized carbons (Fsp3) is 0.188. The quantitative estimate of drug-likeness (QED) is 0.584. The van der Waals surface area contributed by atoms with Crippen molar-refractivity contribution in [2.45, 2.75) is 13.3 Å². The van der Waals surface area contributed by atoms with Crippen LogP contribution in [0, 0.1) is 6.92 Å². The average molecular weight is 284 g/mol. The fourth-order valence-electron chi connectivity index (χ4n) is 1.88. The van der Waals surface area contributed by atoms with Crippen LogP contribution in [-0.4, -0.2) is 13.0 Å². The maximum atomic E-state index is 6.05. The molecule has 5 N–H and O–H groups in total. The minimum Gasteiger partial charge on any atom is -0.457 e. The van der Waals surface area contributed by atoms with Gasteiger partial charge in [-0.3, -0.25) is 4.99 Å². The van der Waals surface area contributed by atoms with E-state index in [2.05, 4.69) is 10.3 Å². The highest BCUT2D eigenvalue weighted by Gasteiger charge is 2.14. The molecule has 2 rings (SSSR count). The van der Waals surface area contributed by atoms with E-state index in [-0.39, 0.29) is 5.96 Å². The lowest BCUT2D eigenvalue weighted by molar-refractivity contribution is 0.431. The number of nitrogens with one attached hydrogen (secondary N) is 1. The van der Waals surface area contributed by atoms with E-state index >= 15 is 0 Å². The summed E-state index contributed by atoms with van der Waals surface area (Å²) >= 11 is 0. The number of hydrogen-bond acceptors (Lipinski definition) is 3. The molecule has 1 aromatic carbocycles. The van der Waals surface area contributed by atoms with Crippen molar-refractivity contribution in [3.05, 3.63) is 65.2 Å². The number of guanidine groups is 1. The van der Waals surface area contributed by atoms with Gasteiger partial charge >= 0.3 is 0 Å². The Morgan fingerprint density at radius 2 is 1.95 bits per heavy atom. The Balaban J connectivity index is 2.22. The highest BCUT2D eigenvalue weighted by Crippen LogP contribution is 2.24. The number of allylic oxidation sites excluding steroid dienone is 4. The summed E-state index contributed by atoms with van der Waals surface area (Å²) in [5, 5.41) is 2.85. The maximum absolute atomic E-state index is 6.05. The Hall–Kier alpha value is -2.69. The molecule has 0 unspecified atom stereocenters. The van der Waals surface area contributed by atoms with E-state index < -0.39 is 0 Å². The Labute approximate surface area is 124 Å². The van der Waals surface area contributed by atoms with Crippen molar-refractivity contribution in [2.75, 3.05) is 7.05 Å². The lowest BCUT2D eigenvalue weighted by atomic mass is 10.1. The topological polar surface area (TPSA) is 85.7 Å². The van der Waals surface area contributed by atoms with Crippen LogP contribution in [0.4, 0.5) is 0 Å². The van der Waals surface area contributed by atoms with Gasteiger partial charge in [-0.25, -0.2) is 0 Å². The molecular formula is C16H20N4O. The summed E-state index contributed by atoms with van der Waals surface area (Å²) in [5.41, 5.74) is 13.7. The van der Waals surface area contributed by atoms with E-state index in [1.54, 1.807) is 7.05 Å². The molecule has 0 spiro atoms. The first-order valence-electron chi connectivity index (χ1n) is 6.69. The molecule has 1 aromatic rings. The molecule has 5 nitrogen and oxygen atoms in total. The normalized spacial score (nSPS) is 17.2. The second-order valence-corrected chi connectivity index (χ2v) is 4.70. The zero-order valence-corrected chi connectivity index (χ0v) is 12.3. The molecule has 110 valence electrons. The Morgan fingerprint density at radius 1 is 1.24 bits per heavy atom. The van der Waals surface area contributed by atoms with Gasteiger partial charge < -0.3 is 21.5 Å². The minimum atomic E-state index is 0.268. The van der Waals surface area contributed by atoms with Crippen LogP contribution in [0.5, 0.6) is 5.75 Å². The first kappa shape index (κ1) is 14.7. The second-order valence-electron chi connectivity index (χ2n) is 4.70. The summed E-state index contributed by atoms with van der Waals surface area (Å²) < 4.78 is 5.91. The molecule has 0 saturated heterocycles. The number of benzene rings is 1. The van der Waals surface area contributed by atoms with Crippen LogP contribution in [0.15, 0.2) is 64.6 Å². The van der Waals surface area contributed by atoms with E-state index in [1.165, 1.54) is 5.56 Å². The molecule has 0 aliphatic heterocycles. The van der Waals surface area contributed by atoms with Crippen LogP contribution < -0.4 is 21.5 Å². The van der Waals surface area contributed by atoms with Gasteiger partial charge in [0.05, 0.1) is 0 Å². The predicted octanol–water partition coefficient (Wildman–Crippen LogP) is 1.92. The van der Waals surface area contributed by atoms with Crippen LogP contribution in [-0.2, 0) is 0 Å². The predicted molar refractivity (Wildman–Crippen MR) is 85.5 cm³/mol. The van der Waals surface area contributed by atoms with Crippen molar-refractivity contribution in [2.24, 2.45) is 16.5 Å². The number of aryl methyl sites for hydroxylation is 1. The van der Waals surface area contributed by atoms with Gasteiger partial charge in [-0.1, -0.05) is 29.8 Å². The molecule has 1 aliphatic rings. The molecule has 0 amide bonds. The third-order valence-electron chi connectivity index (χ3n) is 3.08. The summed E-state index contributed by atoms with van der Waals surface area (Å²) in [6, 6.07) is 7.86. The second kappa shape index (κ2) is 6.65. The molecule has 0 radical (unpaired) electrons. The van der Waals surface area contributed by atoms with Crippen LogP contribution in [0.1, 0.15) is 12.0 Å². The number of ether oxygens (including phenoxy) is 1. The molecule has 5 heteroatoms. The first-order valence-corrected chi connectivity index (χ1v) is 6.69. The van der Waals surface area contributed by atoms with Crippen LogP contribution in [0.3, 0.4) is 0 Å². The van der Waals surface area contributed by atoms with Crippen LogP contribution in [0.2, 0.25) is 0 Å². The smallest absolute Gasteiger partial charge is 0.193 e. The Morgan fingerprint density at radius 3 is 2.62 bits per heavy atom. The summed E-state index contributed by atoms with van der Waals surface area (Å²) in [6.07, 6.45) is 6.50. The van der Waals surface area contributed by atoms with Gasteiger partial charge in [0.2, 0.25) is 0 Å². The summed E-state index contributed by atoms with van der Waals surface area (Å²) in [7, 11) is 1.60. The van der Waals surface area contributed by atoms with Gasteiger partial charge in [-0.05, 0) is 31.6 Å². The molecular weight excluding hydrogens is 264 g/mol. The van der Waals surface area contributed by atoms with Crippen molar-refractivity contribution in [3.8, 4) is 5.75 Å². The number of nitrogens with two attached hydrogens (primary N) is 2. The number of hydrogen-bond donors (Lipinski definition) is 3. The van der Waals surface area contributed by atoms with Crippen molar-refractivity contribution < 1.29 is 4.74 Å². The highest BCUT2D eigenvalue weighted by atomic mass is 16.5. The Bertz CT molecular complexity index is 624. The van der Waals surface area contributed by atoms with Crippen molar-refractivity contribution in [1.82, 2.24) is 5.32 Å². The van der Waals surface area contributed by atoms with E-state index in [4.69, 9.17) is 16.2 Å². The van der Waals surface area contributed by atoms with Gasteiger partial charge in [0, 0.05) is 12.6 Å². The van der Waals surface area contributed by atoms with Crippen molar-refractivity contribution in [3.63, 3.8) is 0 Å². The van der Waals surface area contributed by atoms with Crippen LogP contribution in [0.25, 0.3) is 0 Å². The number of aliphatic imine (C=N–C) groups is 1. The number of nitrogens with zero attached hydrogens (tertiary/aromatic N) is 1. The third kappa shape index (κ3) is 3.89. The molecule has 0 aromatic heterocycles. The summed E-state index contributed by atoms with van der Waals surface area (Å²) in [5.74, 6) is 2.19. The maximum Gasteiger partial charge on any atom is 0.193 e. The lowest BCUT2D eigenvalue weighted by Gasteiger charge is -2.18. The van der Waals surface area contributed by atoms with Crippen molar-refractivity contribution in [1.29, 1.82) is 0 Å². The molecule has 0 heterocycles. The molecule has 0 atom stereocenters. The summed E-state index contributed by atoms with van der Waals surface area (Å²) in [4.78, 5) is 3.83. The van der Waals surface area contributed by atoms with Gasteiger partial charge in [0.1, 0.15) is 17.3 Å². The summed E-state index contributed by atoms with van der Waals surface area (Å²) in [6.45, 7) is 2.03. The van der Waals surface area contributed by atoms with E-state index in [0.29, 0.717) is 18.0 Å².